The van der Waals surface area contributed by atoms with Crippen molar-refractivity contribution in [3.8, 4) is 22.8 Å². The van der Waals surface area contributed by atoms with Crippen LogP contribution in [0.2, 0.25) is 0 Å². The lowest BCUT2D eigenvalue weighted by Crippen LogP contribution is -2.44. The largest absolute Gasteiger partial charge is 0.491 e. The second-order valence-corrected chi connectivity index (χ2v) is 13.8. The average Bonchev–Trinajstić information content (AvgIpc) is 3.73. The number of methoxy groups -OCH3 is 2. The number of para-hydroxylation sites is 1. The summed E-state index contributed by atoms with van der Waals surface area (Å²) in [5.74, 6) is 2.37. The summed E-state index contributed by atoms with van der Waals surface area (Å²) in [7, 11) is 3.12. The topological polar surface area (TPSA) is 99.7 Å². The van der Waals surface area contributed by atoms with Gasteiger partial charge in [-0.3, -0.25) is 4.79 Å². The van der Waals surface area contributed by atoms with Gasteiger partial charge in [-0.05, 0) is 87.9 Å². The second kappa shape index (κ2) is 12.7. The van der Waals surface area contributed by atoms with Crippen LogP contribution in [0, 0.1) is 25.2 Å². The van der Waals surface area contributed by atoms with E-state index in [0.29, 0.717) is 32.9 Å². The molecule has 3 aliphatic rings. The van der Waals surface area contributed by atoms with Crippen molar-refractivity contribution in [2.45, 2.75) is 65.8 Å². The fourth-order valence-electron chi connectivity index (χ4n) is 7.08. The van der Waals surface area contributed by atoms with E-state index in [1.165, 1.54) is 7.11 Å². The molecule has 10 heteroatoms. The van der Waals surface area contributed by atoms with E-state index in [1.54, 1.807) is 12.0 Å². The molecule has 1 saturated heterocycles. The van der Waals surface area contributed by atoms with Gasteiger partial charge in [0.2, 0.25) is 0 Å². The predicted octanol–water partition coefficient (Wildman–Crippen LogP) is 6.09. The van der Waals surface area contributed by atoms with Gasteiger partial charge in [0, 0.05) is 24.8 Å². The van der Waals surface area contributed by atoms with Gasteiger partial charge in [-0.2, -0.15) is 0 Å². The van der Waals surface area contributed by atoms with Crippen LogP contribution in [-0.2, 0) is 32.2 Å². The Kier molecular flexibility index (Phi) is 8.82. The molecule has 3 atom stereocenters. The number of rotatable bonds is 8. The molecule has 10 nitrogen and oxygen atoms in total. The summed E-state index contributed by atoms with van der Waals surface area (Å²) < 4.78 is 29.1. The molecule has 1 aromatic heterocycles. The van der Waals surface area contributed by atoms with Gasteiger partial charge in [0.15, 0.2) is 0 Å². The Morgan fingerprint density at radius 1 is 1.06 bits per heavy atom. The van der Waals surface area contributed by atoms with Crippen molar-refractivity contribution in [3.05, 3.63) is 70.8 Å². The molecule has 2 aromatic carbocycles. The second-order valence-electron chi connectivity index (χ2n) is 13.8. The predicted molar refractivity (Wildman–Crippen MR) is 178 cm³/mol. The van der Waals surface area contributed by atoms with Crippen LogP contribution < -0.4 is 14.4 Å². The van der Waals surface area contributed by atoms with Crippen molar-refractivity contribution in [2.24, 2.45) is 11.3 Å². The molecule has 1 aliphatic carbocycles. The number of piperidine rings is 1. The lowest BCUT2D eigenvalue weighted by atomic mass is 9.96. The van der Waals surface area contributed by atoms with E-state index < -0.39 is 11.0 Å². The molecule has 0 radical (unpaired) electrons. The molecule has 0 spiro atoms. The molecule has 250 valence electrons. The van der Waals surface area contributed by atoms with Gasteiger partial charge in [0.1, 0.15) is 36.1 Å². The van der Waals surface area contributed by atoms with Crippen molar-refractivity contribution in [1.29, 1.82) is 0 Å². The molecular weight excluding hydrogens is 598 g/mol. The number of hydrogen-bond donors (Lipinski definition) is 0. The molecule has 3 aromatic rings. The first kappa shape index (κ1) is 32.6. The van der Waals surface area contributed by atoms with Crippen LogP contribution in [0.3, 0.4) is 0 Å². The van der Waals surface area contributed by atoms with E-state index >= 15 is 0 Å². The number of benzene rings is 2. The maximum absolute atomic E-state index is 12.8. The smallest absolute Gasteiger partial charge is 0.410 e. The first-order chi connectivity index (χ1) is 22.4. The summed E-state index contributed by atoms with van der Waals surface area (Å²) >= 11 is 0. The summed E-state index contributed by atoms with van der Waals surface area (Å²) in [6, 6.07) is 16.0. The lowest BCUT2D eigenvalue weighted by molar-refractivity contribution is -0.148. The Balaban J connectivity index is 1.22. The summed E-state index contributed by atoms with van der Waals surface area (Å²) in [6.45, 7) is 12.4. The Bertz CT molecular complexity index is 1670. The van der Waals surface area contributed by atoms with Gasteiger partial charge in [-0.1, -0.05) is 24.3 Å². The van der Waals surface area contributed by atoms with Gasteiger partial charge in [-0.15, -0.1) is 0 Å². The standard InChI is InChI=1S/C37H45N3O7/c1-23-10-8-11-27(29-12-9-13-32(38-29)40-19-26-18-37(26,34(41)44-7)31(40)22-43-6)33(23)46-21-25-16-24(2)28-20-39(14-15-45-30(28)17-25)35(42)47-36(3,4)5/h8-13,16-17,26,31H,14-15,18-22H2,1-7H3/t26-,31+,37+/m0/s1. The third-order valence-electron chi connectivity index (χ3n) is 9.44. The van der Waals surface area contributed by atoms with E-state index in [9.17, 15) is 9.59 Å². The number of carbonyl (C=O) groups is 2. The maximum atomic E-state index is 12.8. The molecule has 2 aliphatic heterocycles. The number of aryl methyl sites for hydroxylation is 2. The highest BCUT2D eigenvalue weighted by atomic mass is 16.6. The van der Waals surface area contributed by atoms with Gasteiger partial charge >= 0.3 is 12.1 Å². The quantitative estimate of drug-likeness (QED) is 0.270. The van der Waals surface area contributed by atoms with Crippen LogP contribution in [0.5, 0.6) is 11.5 Å². The number of amides is 1. The Labute approximate surface area is 276 Å². The summed E-state index contributed by atoms with van der Waals surface area (Å²) in [6.07, 6.45) is 0.471. The van der Waals surface area contributed by atoms with E-state index in [2.05, 4.69) is 11.0 Å². The summed E-state index contributed by atoms with van der Waals surface area (Å²) in [5, 5.41) is 0. The van der Waals surface area contributed by atoms with Gasteiger partial charge < -0.3 is 33.5 Å². The number of carbonyl (C=O) groups excluding carboxylic acids is 2. The lowest BCUT2D eigenvalue weighted by Gasteiger charge is -2.31. The number of anilines is 1. The minimum Gasteiger partial charge on any atom is -0.491 e. The molecule has 6 rings (SSSR count). The summed E-state index contributed by atoms with van der Waals surface area (Å²) in [4.78, 5) is 34.6. The zero-order valence-corrected chi connectivity index (χ0v) is 28.4. The monoisotopic (exact) mass is 643 g/mol. The maximum Gasteiger partial charge on any atom is 0.410 e. The fraction of sp³-hybridized carbons (Fsp3) is 0.486. The number of ether oxygens (including phenoxy) is 5. The molecule has 2 fully saturated rings. The van der Waals surface area contributed by atoms with E-state index in [0.717, 1.165) is 63.8 Å². The van der Waals surface area contributed by atoms with Crippen molar-refractivity contribution < 1.29 is 33.3 Å². The zero-order chi connectivity index (χ0) is 33.5. The first-order valence-electron chi connectivity index (χ1n) is 16.2. The number of fused-ring (bicyclic) bond motifs is 2. The van der Waals surface area contributed by atoms with E-state index in [4.69, 9.17) is 28.7 Å². The van der Waals surface area contributed by atoms with E-state index in [-0.39, 0.29) is 24.0 Å². The number of nitrogens with zero attached hydrogens (tertiary/aromatic N) is 3. The van der Waals surface area contributed by atoms with Gasteiger partial charge in [0.25, 0.3) is 0 Å². The highest BCUT2D eigenvalue weighted by Crippen LogP contribution is 2.62. The van der Waals surface area contributed by atoms with Crippen LogP contribution in [-0.4, -0.2) is 74.1 Å². The minimum absolute atomic E-state index is 0.143. The fourth-order valence-corrected chi connectivity index (χ4v) is 7.08. The molecule has 0 N–H and O–H groups in total. The highest BCUT2D eigenvalue weighted by molar-refractivity contribution is 5.84. The van der Waals surface area contributed by atoms with Crippen LogP contribution >= 0.6 is 0 Å². The zero-order valence-electron chi connectivity index (χ0n) is 28.4. The Morgan fingerprint density at radius 2 is 1.85 bits per heavy atom. The third kappa shape index (κ3) is 6.35. The van der Waals surface area contributed by atoms with Crippen molar-refractivity contribution in [3.63, 3.8) is 0 Å². The first-order valence-corrected chi connectivity index (χ1v) is 16.2. The van der Waals surface area contributed by atoms with Crippen molar-refractivity contribution in [2.75, 3.05) is 45.4 Å². The van der Waals surface area contributed by atoms with Crippen LogP contribution in [0.15, 0.2) is 48.5 Å². The van der Waals surface area contributed by atoms with Crippen molar-refractivity contribution in [1.82, 2.24) is 9.88 Å². The number of hydrogen-bond acceptors (Lipinski definition) is 9. The number of aromatic nitrogens is 1. The van der Waals surface area contributed by atoms with E-state index in [1.807, 2.05) is 77.1 Å². The molecule has 1 amide bonds. The minimum atomic E-state index is -0.567. The highest BCUT2D eigenvalue weighted by Gasteiger charge is 2.71. The van der Waals surface area contributed by atoms with Crippen LogP contribution in [0.1, 0.15) is 49.4 Å². The molecule has 3 heterocycles. The summed E-state index contributed by atoms with van der Waals surface area (Å²) in [5.41, 5.74) is 4.52. The average molecular weight is 644 g/mol. The molecule has 1 saturated carbocycles. The molecular formula is C37H45N3O7. The molecule has 0 unspecified atom stereocenters. The van der Waals surface area contributed by atoms with Crippen molar-refractivity contribution >= 4 is 17.9 Å². The molecule has 47 heavy (non-hydrogen) atoms. The third-order valence-corrected chi connectivity index (χ3v) is 9.44. The Morgan fingerprint density at radius 3 is 2.60 bits per heavy atom. The van der Waals surface area contributed by atoms with Crippen LogP contribution in [0.25, 0.3) is 11.3 Å². The van der Waals surface area contributed by atoms with Gasteiger partial charge in [-0.25, -0.2) is 9.78 Å². The number of pyridine rings is 1. The SMILES string of the molecule is COC[C@H]1N(c2cccc(-c3cccc(C)c3OCc3cc(C)c4c(c3)OCCN(C(=O)OC(C)(C)C)C4)n2)C[C@@H]2C[C@@]21C(=O)OC. The molecule has 0 bridgehead atoms. The van der Waals surface area contributed by atoms with Gasteiger partial charge in [0.05, 0.1) is 44.0 Å². The normalized spacial score (nSPS) is 21.7. The van der Waals surface area contributed by atoms with Crippen LogP contribution in [0.4, 0.5) is 10.6 Å². The Hall–Kier alpha value is -4.31. The number of esters is 1.